The van der Waals surface area contributed by atoms with E-state index in [4.69, 9.17) is 24.1 Å². The first-order chi connectivity index (χ1) is 25.7. The van der Waals surface area contributed by atoms with Crippen molar-refractivity contribution in [1.82, 2.24) is 5.32 Å². The standard InChI is InChI=1S/C39H48N4O11/c1-8-14-53-34(46)20-27(22(3)4)36(48)40-24(6)35(47)41-26-13-12-25-18-31-38(51-7)43(39(50)54-15-9-2)30-21-32(52-16-10-11-33(44)45)23(5)17-28(30)37(49)42(31)29(25)19-26/h8-9,12-13,17,19,21-22,24,27,31,38H,1-2,10-11,14-16,18,20H2,3-7H3,(H,40,48)(H,41,47)(H,44,45)/t24-,27-,31-,38?/m0/s1. The van der Waals surface area contributed by atoms with Gasteiger partial charge >= 0.3 is 18.0 Å². The third-order valence-electron chi connectivity index (χ3n) is 9.16. The third-order valence-corrected chi connectivity index (χ3v) is 9.16. The van der Waals surface area contributed by atoms with Crippen LogP contribution in [0.4, 0.5) is 21.9 Å². The van der Waals surface area contributed by atoms with Gasteiger partial charge in [0.1, 0.15) is 25.0 Å². The van der Waals surface area contributed by atoms with Crippen LogP contribution in [0, 0.1) is 18.8 Å². The van der Waals surface area contributed by atoms with E-state index < -0.39 is 60.0 Å². The minimum absolute atomic E-state index is 0.0287. The van der Waals surface area contributed by atoms with Crippen molar-refractivity contribution in [1.29, 1.82) is 0 Å². The van der Waals surface area contributed by atoms with Crippen LogP contribution in [-0.4, -0.2) is 86.1 Å². The van der Waals surface area contributed by atoms with Gasteiger partial charge in [-0.15, -0.1) is 0 Å². The van der Waals surface area contributed by atoms with E-state index >= 15 is 0 Å². The zero-order valence-electron chi connectivity index (χ0n) is 31.2. The maximum atomic E-state index is 14.5. The minimum atomic E-state index is -1.03. The van der Waals surface area contributed by atoms with Gasteiger partial charge in [-0.2, -0.15) is 0 Å². The molecule has 4 amide bonds. The number of benzene rings is 2. The van der Waals surface area contributed by atoms with Crippen LogP contribution < -0.4 is 25.2 Å². The van der Waals surface area contributed by atoms with Crippen molar-refractivity contribution in [2.75, 3.05) is 42.0 Å². The lowest BCUT2D eigenvalue weighted by atomic mass is 9.91. The molecule has 0 fully saturated rings. The summed E-state index contributed by atoms with van der Waals surface area (Å²) in [6.45, 7) is 14.0. The number of rotatable bonds is 17. The fraction of sp³-hybridized carbons (Fsp3) is 0.436. The molecule has 0 spiro atoms. The van der Waals surface area contributed by atoms with Crippen molar-refractivity contribution in [2.24, 2.45) is 11.8 Å². The summed E-state index contributed by atoms with van der Waals surface area (Å²) in [7, 11) is 1.42. The second-order valence-electron chi connectivity index (χ2n) is 13.4. The molecule has 0 aliphatic carbocycles. The Balaban J connectivity index is 1.62. The van der Waals surface area contributed by atoms with E-state index in [9.17, 15) is 28.8 Å². The predicted molar refractivity (Wildman–Crippen MR) is 199 cm³/mol. The first-order valence-electron chi connectivity index (χ1n) is 17.6. The molecule has 2 aliphatic heterocycles. The van der Waals surface area contributed by atoms with E-state index in [-0.39, 0.29) is 56.3 Å². The molecule has 2 aromatic rings. The zero-order chi connectivity index (χ0) is 39.7. The van der Waals surface area contributed by atoms with Crippen molar-refractivity contribution in [3.05, 3.63) is 72.3 Å². The number of ether oxygens (including phenoxy) is 4. The summed E-state index contributed by atoms with van der Waals surface area (Å²) in [5, 5.41) is 14.5. The van der Waals surface area contributed by atoms with E-state index in [1.54, 1.807) is 51.1 Å². The van der Waals surface area contributed by atoms with E-state index in [1.807, 2.05) is 0 Å². The number of anilines is 3. The van der Waals surface area contributed by atoms with Crippen LogP contribution in [0.2, 0.25) is 0 Å². The van der Waals surface area contributed by atoms with Crippen LogP contribution in [0.15, 0.2) is 55.6 Å². The van der Waals surface area contributed by atoms with E-state index in [0.717, 1.165) is 5.56 Å². The molecule has 0 radical (unpaired) electrons. The Morgan fingerprint density at radius 3 is 2.35 bits per heavy atom. The molecule has 1 unspecified atom stereocenters. The van der Waals surface area contributed by atoms with Crippen molar-refractivity contribution in [3.8, 4) is 5.75 Å². The van der Waals surface area contributed by atoms with Crippen LogP contribution in [0.5, 0.6) is 5.75 Å². The second-order valence-corrected chi connectivity index (χ2v) is 13.4. The zero-order valence-corrected chi connectivity index (χ0v) is 31.2. The maximum Gasteiger partial charge on any atom is 0.416 e. The molecule has 15 nitrogen and oxygen atoms in total. The molecule has 2 heterocycles. The summed E-state index contributed by atoms with van der Waals surface area (Å²) in [6.07, 6.45) is 1.33. The number of carbonyl (C=O) groups excluding carboxylic acids is 5. The highest BCUT2D eigenvalue weighted by Gasteiger charge is 2.48. The molecule has 290 valence electrons. The van der Waals surface area contributed by atoms with E-state index in [2.05, 4.69) is 23.8 Å². The van der Waals surface area contributed by atoms with Gasteiger partial charge in [0.15, 0.2) is 6.23 Å². The number of nitrogens with one attached hydrogen (secondary N) is 2. The summed E-state index contributed by atoms with van der Waals surface area (Å²) in [5.41, 5.74) is 2.52. The van der Waals surface area contributed by atoms with E-state index in [0.29, 0.717) is 29.1 Å². The molecule has 0 aromatic heterocycles. The van der Waals surface area contributed by atoms with Crippen molar-refractivity contribution < 1.29 is 52.8 Å². The van der Waals surface area contributed by atoms with Crippen molar-refractivity contribution in [2.45, 2.75) is 71.7 Å². The summed E-state index contributed by atoms with van der Waals surface area (Å²) >= 11 is 0. The summed E-state index contributed by atoms with van der Waals surface area (Å²) in [4.78, 5) is 80.7. The van der Waals surface area contributed by atoms with Crippen LogP contribution in [0.3, 0.4) is 0 Å². The molecule has 0 saturated heterocycles. The number of carboxylic acid groups (broad SMARTS) is 1. The van der Waals surface area contributed by atoms with Crippen molar-refractivity contribution in [3.63, 3.8) is 0 Å². The number of fused-ring (bicyclic) bond motifs is 4. The Kier molecular flexibility index (Phi) is 14.0. The van der Waals surface area contributed by atoms with Gasteiger partial charge in [-0.3, -0.25) is 28.9 Å². The maximum absolute atomic E-state index is 14.5. The monoisotopic (exact) mass is 748 g/mol. The lowest BCUT2D eigenvalue weighted by Gasteiger charge is -2.34. The average Bonchev–Trinajstić information content (AvgIpc) is 3.46. The molecule has 4 rings (SSSR count). The average molecular weight is 749 g/mol. The number of carboxylic acids is 1. The molecular formula is C39H48N4O11. The van der Waals surface area contributed by atoms with Gasteiger partial charge in [-0.1, -0.05) is 45.2 Å². The Labute approximate surface area is 314 Å². The van der Waals surface area contributed by atoms with Crippen LogP contribution in [0.1, 0.15) is 61.5 Å². The normalized spacial score (nSPS) is 16.9. The molecular weight excluding hydrogens is 700 g/mol. The highest BCUT2D eigenvalue weighted by Crippen LogP contribution is 2.44. The van der Waals surface area contributed by atoms with Gasteiger partial charge < -0.3 is 34.7 Å². The van der Waals surface area contributed by atoms with E-state index in [1.165, 1.54) is 36.0 Å². The number of esters is 1. The van der Waals surface area contributed by atoms with Gasteiger partial charge in [0.05, 0.1) is 36.2 Å². The van der Waals surface area contributed by atoms with Gasteiger partial charge in [-0.25, -0.2) is 9.69 Å². The molecule has 4 atom stereocenters. The van der Waals surface area contributed by atoms with Crippen molar-refractivity contribution >= 4 is 52.8 Å². The molecule has 2 aromatic carbocycles. The Morgan fingerprint density at radius 1 is 1.00 bits per heavy atom. The summed E-state index contributed by atoms with van der Waals surface area (Å²) in [6, 6.07) is 6.56. The number of methoxy groups -OCH3 is 1. The lowest BCUT2D eigenvalue weighted by Crippen LogP contribution is -2.53. The number of aryl methyl sites for hydroxylation is 1. The first kappa shape index (κ1) is 41.1. The second kappa shape index (κ2) is 18.4. The Bertz CT molecular complexity index is 1790. The lowest BCUT2D eigenvalue weighted by molar-refractivity contribution is -0.146. The number of carbonyl (C=O) groups is 6. The van der Waals surface area contributed by atoms with Gasteiger partial charge in [0.2, 0.25) is 11.8 Å². The van der Waals surface area contributed by atoms with Crippen LogP contribution >= 0.6 is 0 Å². The fourth-order valence-electron chi connectivity index (χ4n) is 6.39. The molecule has 3 N–H and O–H groups in total. The van der Waals surface area contributed by atoms with Gasteiger partial charge in [0, 0.05) is 31.0 Å². The smallest absolute Gasteiger partial charge is 0.416 e. The first-order valence-corrected chi connectivity index (χ1v) is 17.6. The van der Waals surface area contributed by atoms with Crippen LogP contribution in [0.25, 0.3) is 0 Å². The minimum Gasteiger partial charge on any atom is -0.493 e. The predicted octanol–water partition coefficient (Wildman–Crippen LogP) is 4.76. The third kappa shape index (κ3) is 9.44. The highest BCUT2D eigenvalue weighted by atomic mass is 16.6. The number of amides is 4. The quantitative estimate of drug-likeness (QED) is 0.115. The largest absolute Gasteiger partial charge is 0.493 e. The number of hydrogen-bond acceptors (Lipinski definition) is 10. The Hall–Kier alpha value is -5.70. The SMILES string of the molecule is C=CCOC(=O)C[C@H](C(=O)N[C@@H](C)C(=O)Nc1ccc2c(c1)N1C(=O)c3cc(C)c(OCCCC(=O)O)cc3N(C(=O)OCC=C)C(OC)[C@@H]1C2)C(C)C. The number of nitrogens with zero attached hydrogens (tertiary/aromatic N) is 2. The fourth-order valence-corrected chi connectivity index (χ4v) is 6.39. The molecule has 0 saturated carbocycles. The Morgan fingerprint density at radius 2 is 1.70 bits per heavy atom. The molecule has 54 heavy (non-hydrogen) atoms. The number of hydrogen-bond donors (Lipinski definition) is 3. The summed E-state index contributed by atoms with van der Waals surface area (Å²) in [5.74, 6) is -3.53. The summed E-state index contributed by atoms with van der Waals surface area (Å²) < 4.78 is 22.3. The molecule has 0 bridgehead atoms. The number of aliphatic carboxylic acids is 1. The highest BCUT2D eigenvalue weighted by molar-refractivity contribution is 6.15. The van der Waals surface area contributed by atoms with Crippen LogP contribution in [-0.2, 0) is 39.8 Å². The topological polar surface area (TPSA) is 190 Å². The van der Waals surface area contributed by atoms with Gasteiger partial charge in [-0.05, 0) is 61.9 Å². The molecule has 15 heteroatoms. The van der Waals surface area contributed by atoms with Gasteiger partial charge in [0.25, 0.3) is 5.91 Å². The molecule has 2 aliphatic rings.